The van der Waals surface area contributed by atoms with Gasteiger partial charge < -0.3 is 9.38 Å². The Morgan fingerprint density at radius 3 is 1.29 bits per heavy atom. The molecule has 0 saturated heterocycles. The molecule has 0 atom stereocenters. The van der Waals surface area contributed by atoms with Crippen LogP contribution in [0.15, 0.2) is 109 Å². The molecular weight excluding hydrogens is 460 g/mol. The van der Waals surface area contributed by atoms with Gasteiger partial charge in [-0.05, 0) is 59.3 Å². The van der Waals surface area contributed by atoms with Crippen LogP contribution >= 0.6 is 0 Å². The van der Waals surface area contributed by atoms with Gasteiger partial charge in [-0.3, -0.25) is 0 Å². The number of aryl methyl sites for hydroxylation is 2. The van der Waals surface area contributed by atoms with Crippen LogP contribution in [0.1, 0.15) is 16.7 Å². The number of rotatable bonds is 5. The van der Waals surface area contributed by atoms with Gasteiger partial charge in [-0.2, -0.15) is 0 Å². The zero-order chi connectivity index (χ0) is 26.4. The molecule has 0 N–H and O–H groups in total. The minimum absolute atomic E-state index is 0.887. The molecule has 0 amide bonds. The molecule has 0 fully saturated rings. The van der Waals surface area contributed by atoms with Crippen molar-refractivity contribution in [1.29, 1.82) is 0 Å². The number of nitrogens with zero attached hydrogens (tertiary/aromatic N) is 2. The zero-order valence-electron chi connectivity index (χ0n) is 23.0. The summed E-state index contributed by atoms with van der Waals surface area (Å²) in [5, 5.41) is 7.69. The molecule has 188 valence electrons. The van der Waals surface area contributed by atoms with Crippen molar-refractivity contribution >= 4 is 49.4 Å². The summed E-state index contributed by atoms with van der Waals surface area (Å²) in [4.78, 5) is 2.49. The monoisotopic (exact) mass is 495 g/mol. The average Bonchev–Trinajstić information content (AvgIpc) is 2.89. The molecule has 0 saturated carbocycles. The van der Waals surface area contributed by atoms with E-state index in [1.807, 2.05) is 0 Å². The largest absolute Gasteiger partial charge is 0.327 e. The van der Waals surface area contributed by atoms with Crippen molar-refractivity contribution < 1.29 is 4.48 Å². The molecule has 0 radical (unpaired) electrons. The Morgan fingerprint density at radius 1 is 0.447 bits per heavy atom. The third-order valence-electron chi connectivity index (χ3n) is 7.59. The normalized spacial score (nSPS) is 11.9. The number of hydrogen-bond donors (Lipinski definition) is 0. The molecule has 6 rings (SSSR count). The maximum Gasteiger partial charge on any atom is 0.104 e. The summed E-state index contributed by atoms with van der Waals surface area (Å²) in [6.07, 6.45) is 0. The van der Waals surface area contributed by atoms with Gasteiger partial charge in [-0.1, -0.05) is 91.0 Å². The molecule has 0 aliphatic heterocycles. The molecule has 0 aliphatic rings. The minimum Gasteiger partial charge on any atom is -0.327 e. The zero-order valence-corrected chi connectivity index (χ0v) is 23.0. The smallest absolute Gasteiger partial charge is 0.104 e. The lowest BCUT2D eigenvalue weighted by atomic mass is 9.97. The molecule has 38 heavy (non-hydrogen) atoms. The Hall–Kier alpha value is -4.14. The van der Waals surface area contributed by atoms with E-state index in [0.29, 0.717) is 0 Å². The summed E-state index contributed by atoms with van der Waals surface area (Å²) >= 11 is 0. The van der Waals surface area contributed by atoms with Gasteiger partial charge in [0, 0.05) is 21.7 Å². The first kappa shape index (κ1) is 24.2. The van der Waals surface area contributed by atoms with Crippen molar-refractivity contribution in [2.24, 2.45) is 0 Å². The maximum atomic E-state index is 2.49. The first-order valence-electron chi connectivity index (χ1n) is 13.4. The Balaban J connectivity index is 1.71. The van der Waals surface area contributed by atoms with E-state index in [-0.39, 0.29) is 0 Å². The van der Waals surface area contributed by atoms with Crippen LogP contribution in [-0.4, -0.2) is 25.6 Å². The summed E-state index contributed by atoms with van der Waals surface area (Å²) in [7, 11) is 6.77. The SMILES string of the molecule is Cc1cccc2c(N(c3cccc4c(C)cccc34)c3cccc4c(C[N+](C)(C)C)cccc34)cccc12. The van der Waals surface area contributed by atoms with E-state index >= 15 is 0 Å². The van der Waals surface area contributed by atoms with Gasteiger partial charge in [0.1, 0.15) is 6.54 Å². The molecule has 0 unspecified atom stereocenters. The topological polar surface area (TPSA) is 3.24 Å². The number of benzene rings is 6. The Bertz CT molecular complexity index is 1720. The van der Waals surface area contributed by atoms with Crippen molar-refractivity contribution in [3.8, 4) is 0 Å². The van der Waals surface area contributed by atoms with Crippen LogP contribution < -0.4 is 4.90 Å². The van der Waals surface area contributed by atoms with Gasteiger partial charge in [0.05, 0.1) is 38.2 Å². The quantitative estimate of drug-likeness (QED) is 0.215. The molecule has 2 heteroatoms. The summed E-state index contributed by atoms with van der Waals surface area (Å²) in [5.74, 6) is 0. The maximum absolute atomic E-state index is 2.49. The van der Waals surface area contributed by atoms with Crippen LogP contribution in [0, 0.1) is 13.8 Å². The summed E-state index contributed by atoms with van der Waals surface area (Å²) in [5.41, 5.74) is 7.56. The molecular formula is C36H35N2+. The van der Waals surface area contributed by atoms with Gasteiger partial charge in [0.25, 0.3) is 0 Å². The molecule has 0 spiro atoms. The molecule has 0 bridgehead atoms. The van der Waals surface area contributed by atoms with Crippen molar-refractivity contribution in [3.05, 3.63) is 126 Å². The lowest BCUT2D eigenvalue weighted by molar-refractivity contribution is -0.883. The van der Waals surface area contributed by atoms with Crippen molar-refractivity contribution in [2.45, 2.75) is 20.4 Å². The highest BCUT2D eigenvalue weighted by Crippen LogP contribution is 2.45. The standard InChI is InChI=1S/C36H35N2/c1-25-12-6-18-31-28(25)15-9-21-34(31)37(35-22-10-16-29-26(2)13-7-19-32(29)35)36-23-11-17-30-27(24-38(3,4)5)14-8-20-33(30)36/h6-23H,24H2,1-5H3/q+1. The highest BCUT2D eigenvalue weighted by molar-refractivity contribution is 6.10. The van der Waals surface area contributed by atoms with Gasteiger partial charge in [-0.25, -0.2) is 0 Å². The third kappa shape index (κ3) is 4.21. The van der Waals surface area contributed by atoms with Crippen LogP contribution in [0.4, 0.5) is 17.1 Å². The van der Waals surface area contributed by atoms with E-state index in [2.05, 4.69) is 149 Å². The second-order valence-electron chi connectivity index (χ2n) is 11.5. The molecule has 6 aromatic rings. The predicted molar refractivity (Wildman–Crippen MR) is 165 cm³/mol. The summed E-state index contributed by atoms with van der Waals surface area (Å²) in [6, 6.07) is 40.2. The van der Waals surface area contributed by atoms with Gasteiger partial charge >= 0.3 is 0 Å². The first-order chi connectivity index (χ1) is 18.3. The Morgan fingerprint density at radius 2 is 0.816 bits per heavy atom. The first-order valence-corrected chi connectivity index (χ1v) is 13.4. The number of hydrogen-bond acceptors (Lipinski definition) is 1. The van der Waals surface area contributed by atoms with Gasteiger partial charge in [0.15, 0.2) is 0 Å². The lowest BCUT2D eigenvalue weighted by Crippen LogP contribution is -2.33. The second kappa shape index (κ2) is 9.31. The predicted octanol–water partition coefficient (Wildman–Crippen LogP) is 9.44. The van der Waals surface area contributed by atoms with Crippen LogP contribution in [0.25, 0.3) is 32.3 Å². The fraction of sp³-hybridized carbons (Fsp3) is 0.167. The molecule has 0 aromatic heterocycles. The fourth-order valence-electron chi connectivity index (χ4n) is 5.88. The van der Waals surface area contributed by atoms with Crippen molar-refractivity contribution in [3.63, 3.8) is 0 Å². The number of fused-ring (bicyclic) bond motifs is 3. The summed E-state index contributed by atoms with van der Waals surface area (Å²) in [6.45, 7) is 5.38. The van der Waals surface area contributed by atoms with Crippen LogP contribution in [0.3, 0.4) is 0 Å². The highest BCUT2D eigenvalue weighted by atomic mass is 15.3. The number of anilines is 3. The van der Waals surface area contributed by atoms with Gasteiger partial charge in [-0.15, -0.1) is 0 Å². The molecule has 0 aliphatic carbocycles. The Labute approximate surface area is 226 Å². The van der Waals surface area contributed by atoms with E-state index in [9.17, 15) is 0 Å². The van der Waals surface area contributed by atoms with Crippen LogP contribution in [0.2, 0.25) is 0 Å². The van der Waals surface area contributed by atoms with E-state index < -0.39 is 0 Å². The summed E-state index contributed by atoms with van der Waals surface area (Å²) < 4.78 is 0.887. The minimum atomic E-state index is 0.887. The van der Waals surface area contributed by atoms with E-state index in [0.717, 1.165) is 11.0 Å². The van der Waals surface area contributed by atoms with E-state index in [1.54, 1.807) is 0 Å². The van der Waals surface area contributed by atoms with Gasteiger partial charge in [0.2, 0.25) is 0 Å². The second-order valence-corrected chi connectivity index (χ2v) is 11.5. The highest BCUT2D eigenvalue weighted by Gasteiger charge is 2.21. The molecule has 2 nitrogen and oxygen atoms in total. The molecule has 0 heterocycles. The van der Waals surface area contributed by atoms with Crippen LogP contribution in [-0.2, 0) is 6.54 Å². The van der Waals surface area contributed by atoms with E-state index in [1.165, 1.54) is 66.1 Å². The Kier molecular flexibility index (Phi) is 5.93. The van der Waals surface area contributed by atoms with Crippen molar-refractivity contribution in [1.82, 2.24) is 0 Å². The number of quaternary nitrogens is 1. The third-order valence-corrected chi connectivity index (χ3v) is 7.59. The fourth-order valence-corrected chi connectivity index (χ4v) is 5.88. The van der Waals surface area contributed by atoms with Crippen LogP contribution in [0.5, 0.6) is 0 Å². The lowest BCUT2D eigenvalue weighted by Gasteiger charge is -2.30. The van der Waals surface area contributed by atoms with E-state index in [4.69, 9.17) is 0 Å². The van der Waals surface area contributed by atoms with Crippen molar-refractivity contribution in [2.75, 3.05) is 26.0 Å². The molecule has 6 aromatic carbocycles. The average molecular weight is 496 g/mol.